The predicted octanol–water partition coefficient (Wildman–Crippen LogP) is 4.30. The van der Waals surface area contributed by atoms with Crippen molar-refractivity contribution in [3.8, 4) is 22.4 Å². The number of nitrogens with two attached hydrogens (primary N) is 1. The van der Waals surface area contributed by atoms with Crippen LogP contribution in [0.3, 0.4) is 0 Å². The molecule has 2 N–H and O–H groups in total. The van der Waals surface area contributed by atoms with Gasteiger partial charge in [0.1, 0.15) is 6.33 Å². The molecule has 3 aromatic heterocycles. The lowest BCUT2D eigenvalue weighted by Gasteiger charge is -2.50. The Morgan fingerprint density at radius 3 is 2.41 bits per heavy atom. The Balaban J connectivity index is 1.33. The highest BCUT2D eigenvalue weighted by Gasteiger charge is 2.57. The fraction of sp³-hybridized carbons (Fsp3) is 0.222. The lowest BCUT2D eigenvalue weighted by Crippen LogP contribution is -2.60. The predicted molar refractivity (Wildman–Crippen MR) is 129 cm³/mol. The van der Waals surface area contributed by atoms with E-state index in [1.54, 1.807) is 6.33 Å². The Bertz CT molecular complexity index is 1510. The van der Waals surface area contributed by atoms with Gasteiger partial charge in [-0.1, -0.05) is 54.6 Å². The number of nitrogens with zero attached hydrogens (tertiary/aromatic N) is 4. The van der Waals surface area contributed by atoms with Crippen LogP contribution in [0.5, 0.6) is 0 Å². The zero-order chi connectivity index (χ0) is 22.8. The van der Waals surface area contributed by atoms with Crippen molar-refractivity contribution in [2.45, 2.75) is 24.2 Å². The molecule has 2 aromatic carbocycles. The van der Waals surface area contributed by atoms with Crippen molar-refractivity contribution in [1.82, 2.24) is 19.6 Å². The van der Waals surface area contributed by atoms with Crippen LogP contribution in [-0.4, -0.2) is 38.6 Å². The van der Waals surface area contributed by atoms with Crippen LogP contribution in [0.4, 0.5) is 0 Å². The summed E-state index contributed by atoms with van der Waals surface area (Å²) in [7, 11) is 0. The molecule has 2 aliphatic rings. The third-order valence-corrected chi connectivity index (χ3v) is 7.06. The van der Waals surface area contributed by atoms with E-state index in [4.69, 9.17) is 20.2 Å². The van der Waals surface area contributed by atoms with E-state index in [1.165, 1.54) is 0 Å². The van der Waals surface area contributed by atoms with Crippen LogP contribution in [0.1, 0.15) is 18.4 Å². The number of hydrogen-bond donors (Lipinski definition) is 1. The van der Waals surface area contributed by atoms with Crippen LogP contribution in [0.2, 0.25) is 0 Å². The van der Waals surface area contributed by atoms with Crippen molar-refractivity contribution < 1.29 is 9.47 Å². The van der Waals surface area contributed by atoms with Gasteiger partial charge in [0.2, 0.25) is 0 Å². The van der Waals surface area contributed by atoms with Crippen molar-refractivity contribution in [2.75, 3.05) is 13.2 Å². The van der Waals surface area contributed by atoms with E-state index in [1.807, 2.05) is 34.9 Å². The first kappa shape index (κ1) is 19.8. The van der Waals surface area contributed by atoms with Gasteiger partial charge in [0.05, 0.1) is 30.0 Å². The van der Waals surface area contributed by atoms with Crippen LogP contribution < -0.4 is 5.73 Å². The van der Waals surface area contributed by atoms with Gasteiger partial charge in [0.15, 0.2) is 11.4 Å². The summed E-state index contributed by atoms with van der Waals surface area (Å²) in [6, 6.07) is 22.9. The maximum atomic E-state index is 6.71. The quantitative estimate of drug-likeness (QED) is 0.442. The first-order valence-corrected chi connectivity index (χ1v) is 11.5. The number of benzene rings is 2. The minimum atomic E-state index is -0.485. The van der Waals surface area contributed by atoms with E-state index in [9.17, 15) is 0 Å². The molecule has 7 heteroatoms. The Hall–Kier alpha value is -3.65. The molecular weight excluding hydrogens is 426 g/mol. The number of rotatable bonds is 3. The first-order chi connectivity index (χ1) is 16.6. The highest BCUT2D eigenvalue weighted by Crippen LogP contribution is 2.51. The summed E-state index contributed by atoms with van der Waals surface area (Å²) < 4.78 is 13.5. The van der Waals surface area contributed by atoms with Crippen LogP contribution in [-0.2, 0) is 15.0 Å². The second kappa shape index (κ2) is 7.17. The summed E-state index contributed by atoms with van der Waals surface area (Å²) >= 11 is 0. The van der Waals surface area contributed by atoms with E-state index in [0.717, 1.165) is 44.5 Å². The van der Waals surface area contributed by atoms with E-state index in [-0.39, 0.29) is 0 Å². The van der Waals surface area contributed by atoms with Crippen LogP contribution in [0.25, 0.3) is 38.9 Å². The topological polar surface area (TPSA) is 87.6 Å². The third kappa shape index (κ3) is 2.98. The van der Waals surface area contributed by atoms with E-state index in [0.29, 0.717) is 26.1 Å². The average molecular weight is 450 g/mol. The normalized spacial score (nSPS) is 18.5. The van der Waals surface area contributed by atoms with Gasteiger partial charge in [-0.3, -0.25) is 4.40 Å². The zero-order valence-corrected chi connectivity index (χ0v) is 18.5. The highest BCUT2D eigenvalue weighted by molar-refractivity contribution is 5.98. The molecule has 5 aromatic rings. The second-order valence-corrected chi connectivity index (χ2v) is 9.26. The highest BCUT2D eigenvalue weighted by atomic mass is 16.7. The largest absolute Gasteiger partial charge is 0.347 e. The summed E-state index contributed by atoms with van der Waals surface area (Å²) in [6.45, 7) is 1.29. The Labute approximate surface area is 196 Å². The van der Waals surface area contributed by atoms with Gasteiger partial charge in [0, 0.05) is 35.6 Å². The van der Waals surface area contributed by atoms with E-state index >= 15 is 0 Å². The third-order valence-electron chi connectivity index (χ3n) is 7.06. The van der Waals surface area contributed by atoms with Crippen molar-refractivity contribution in [3.63, 3.8) is 0 Å². The molecule has 7 rings (SSSR count). The lowest BCUT2D eigenvalue weighted by molar-refractivity contribution is -0.239. The average Bonchev–Trinajstić information content (AvgIpc) is 3.54. The van der Waals surface area contributed by atoms with Gasteiger partial charge in [-0.05, 0) is 23.3 Å². The Morgan fingerprint density at radius 2 is 1.65 bits per heavy atom. The molecule has 1 aliphatic carbocycles. The molecule has 4 heterocycles. The number of aromatic nitrogens is 4. The number of pyridine rings is 2. The Kier molecular flexibility index (Phi) is 4.17. The second-order valence-electron chi connectivity index (χ2n) is 9.26. The van der Waals surface area contributed by atoms with E-state index < -0.39 is 11.3 Å². The van der Waals surface area contributed by atoms with Crippen LogP contribution >= 0.6 is 0 Å². The Morgan fingerprint density at radius 1 is 0.882 bits per heavy atom. The van der Waals surface area contributed by atoms with Crippen molar-refractivity contribution in [1.29, 1.82) is 0 Å². The van der Waals surface area contributed by atoms with Gasteiger partial charge in [-0.2, -0.15) is 0 Å². The van der Waals surface area contributed by atoms with Crippen molar-refractivity contribution >= 4 is 16.6 Å². The molecule has 1 saturated heterocycles. The summed E-state index contributed by atoms with van der Waals surface area (Å²) in [6.07, 6.45) is 5.00. The molecule has 1 saturated carbocycles. The lowest BCUT2D eigenvalue weighted by atomic mass is 9.68. The minimum absolute atomic E-state index is 0.429. The zero-order valence-electron chi connectivity index (χ0n) is 18.5. The molecule has 7 nitrogen and oxygen atoms in total. The van der Waals surface area contributed by atoms with Crippen LogP contribution in [0.15, 0.2) is 79.3 Å². The van der Waals surface area contributed by atoms with Crippen molar-refractivity contribution in [3.05, 3.63) is 84.8 Å². The first-order valence-electron chi connectivity index (χ1n) is 11.5. The van der Waals surface area contributed by atoms with Gasteiger partial charge < -0.3 is 15.2 Å². The molecular formula is C27H23N5O2. The minimum Gasteiger partial charge on any atom is -0.347 e. The van der Waals surface area contributed by atoms with Gasteiger partial charge in [0.25, 0.3) is 0 Å². The van der Waals surface area contributed by atoms with Crippen LogP contribution in [0, 0.1) is 0 Å². The number of fused-ring (bicyclic) bond motifs is 3. The van der Waals surface area contributed by atoms with E-state index in [2.05, 4.69) is 52.7 Å². The fourth-order valence-corrected chi connectivity index (χ4v) is 5.36. The molecule has 168 valence electrons. The van der Waals surface area contributed by atoms with Gasteiger partial charge in [-0.25, -0.2) is 4.98 Å². The van der Waals surface area contributed by atoms with Gasteiger partial charge >= 0.3 is 0 Å². The summed E-state index contributed by atoms with van der Waals surface area (Å²) in [5.41, 5.74) is 13.2. The number of hydrogen-bond acceptors (Lipinski definition) is 6. The standard InChI is InChI=1S/C27H23N5O2/c28-26(15-27(16-26)33-12-13-34-27)20-8-6-19(7-9-20)24-21(18-4-2-1-3-5-18)14-22-23(30-24)10-11-32-17-29-31-25(22)32/h1-11,14,17H,12-13,15-16,28H2. The molecule has 34 heavy (non-hydrogen) atoms. The van der Waals surface area contributed by atoms with Crippen molar-refractivity contribution in [2.24, 2.45) is 5.73 Å². The summed E-state index contributed by atoms with van der Waals surface area (Å²) in [5.74, 6) is -0.485. The molecule has 0 atom stereocenters. The molecule has 0 amide bonds. The molecule has 1 aliphatic heterocycles. The molecule has 1 spiro atoms. The summed E-state index contributed by atoms with van der Waals surface area (Å²) in [4.78, 5) is 5.08. The fourth-order valence-electron chi connectivity index (χ4n) is 5.36. The molecule has 0 radical (unpaired) electrons. The smallest absolute Gasteiger partial charge is 0.172 e. The maximum Gasteiger partial charge on any atom is 0.172 e. The summed E-state index contributed by atoms with van der Waals surface area (Å²) in [5, 5.41) is 9.34. The van der Waals surface area contributed by atoms with Gasteiger partial charge in [-0.15, -0.1) is 10.2 Å². The monoisotopic (exact) mass is 449 g/mol. The molecule has 0 unspecified atom stereocenters. The maximum absolute atomic E-state index is 6.71. The molecule has 2 fully saturated rings. The molecule has 0 bridgehead atoms. The number of ether oxygens (including phenoxy) is 2. The SMILES string of the molecule is NC1(c2ccc(-c3nc4ccn5cnnc5c4cc3-c3ccccc3)cc2)CC2(C1)OCCO2.